The number of nitrogens with two attached hydrogens (primary N) is 1. The zero-order chi connectivity index (χ0) is 27.4. The summed E-state index contributed by atoms with van der Waals surface area (Å²) in [6.07, 6.45) is 1.52. The van der Waals surface area contributed by atoms with E-state index in [0.717, 1.165) is 16.8 Å². The lowest BCUT2D eigenvalue weighted by Crippen LogP contribution is -2.57. The van der Waals surface area contributed by atoms with Gasteiger partial charge in [-0.15, -0.1) is 0 Å². The molecule has 3 aromatic carbocycles. The maximum Gasteiger partial charge on any atom is 0.254 e. The number of fused-ring (bicyclic) bond motifs is 1. The molecule has 2 N–H and O–H groups in total. The molecule has 3 aromatic rings. The smallest absolute Gasteiger partial charge is 0.254 e. The van der Waals surface area contributed by atoms with Crippen LogP contribution >= 0.6 is 0 Å². The fourth-order valence-electron chi connectivity index (χ4n) is 5.67. The van der Waals surface area contributed by atoms with Gasteiger partial charge < -0.3 is 25.2 Å². The van der Waals surface area contributed by atoms with E-state index in [1.54, 1.807) is 30.2 Å². The molecule has 0 aromatic heterocycles. The van der Waals surface area contributed by atoms with Gasteiger partial charge in [0.1, 0.15) is 5.82 Å². The highest BCUT2D eigenvalue weighted by molar-refractivity contribution is 6.03. The van der Waals surface area contributed by atoms with E-state index in [1.165, 1.54) is 18.3 Å². The summed E-state index contributed by atoms with van der Waals surface area (Å²) in [5.74, 6) is -1.10. The molecule has 7 nitrogen and oxygen atoms in total. The van der Waals surface area contributed by atoms with Crippen LogP contribution in [-0.2, 0) is 9.53 Å². The van der Waals surface area contributed by atoms with Crippen molar-refractivity contribution in [1.82, 2.24) is 9.80 Å². The summed E-state index contributed by atoms with van der Waals surface area (Å²) in [5.41, 5.74) is 9.98. The average Bonchev–Trinajstić information content (AvgIpc) is 2.98. The minimum atomic E-state index is -0.636. The summed E-state index contributed by atoms with van der Waals surface area (Å²) in [4.78, 5) is 34.0. The van der Waals surface area contributed by atoms with Crippen molar-refractivity contribution in [3.8, 4) is 0 Å². The summed E-state index contributed by atoms with van der Waals surface area (Å²) < 4.78 is 18.8. The summed E-state index contributed by atoms with van der Waals surface area (Å²) in [6.45, 7) is 2.93. The van der Waals surface area contributed by atoms with Crippen LogP contribution in [0.4, 0.5) is 10.1 Å². The van der Waals surface area contributed by atoms with Gasteiger partial charge in [-0.1, -0.05) is 48.5 Å². The second-order valence-corrected chi connectivity index (χ2v) is 9.78. The number of benzene rings is 3. The second-order valence-electron chi connectivity index (χ2n) is 9.78. The number of carbonyl (C=O) groups is 2. The number of halogens is 1. The highest BCUT2D eigenvalue weighted by Crippen LogP contribution is 2.41. The first-order valence-electron chi connectivity index (χ1n) is 13.2. The maximum atomic E-state index is 14.4. The third-order valence-corrected chi connectivity index (χ3v) is 7.63. The monoisotopic (exact) mass is 528 g/mol. The molecule has 0 saturated carbocycles. The highest BCUT2D eigenvalue weighted by Gasteiger charge is 2.46. The van der Waals surface area contributed by atoms with Crippen LogP contribution in [0.2, 0.25) is 0 Å². The first kappa shape index (κ1) is 26.4. The van der Waals surface area contributed by atoms with Crippen LogP contribution in [0.1, 0.15) is 27.4 Å². The molecule has 2 unspecified atom stereocenters. The standard InChI is InChI=1S/C31H33FN4O3/c1-39-20-19-36-29(27(21-33)22-7-3-2-4-8-22)28(25-9-5-6-10-26(25)30(36)37)31(38)35-17-15-34(16-18-35)24-13-11-23(32)12-14-24/h2-14,21,28-29H,15-20,33H2,1H3/b27-21+. The number of nitrogens with zero attached hydrogens (tertiary/aromatic N) is 3. The minimum absolute atomic E-state index is 0.0450. The summed E-state index contributed by atoms with van der Waals surface area (Å²) in [5, 5.41) is 0. The van der Waals surface area contributed by atoms with Crippen molar-refractivity contribution < 1.29 is 18.7 Å². The molecule has 1 saturated heterocycles. The number of amides is 2. The number of piperazine rings is 1. The van der Waals surface area contributed by atoms with E-state index in [0.29, 0.717) is 50.5 Å². The Kier molecular flexibility index (Phi) is 7.93. The molecule has 2 atom stereocenters. The molecule has 39 heavy (non-hydrogen) atoms. The first-order valence-corrected chi connectivity index (χ1v) is 13.2. The molecule has 2 aliphatic heterocycles. The Hall–Kier alpha value is -4.17. The van der Waals surface area contributed by atoms with Crippen LogP contribution in [0.3, 0.4) is 0 Å². The Morgan fingerprint density at radius 2 is 1.64 bits per heavy atom. The molecule has 2 heterocycles. The Bertz CT molecular complexity index is 1340. The van der Waals surface area contributed by atoms with Gasteiger partial charge in [-0.05, 0) is 53.2 Å². The lowest BCUT2D eigenvalue weighted by Gasteiger charge is -2.45. The Morgan fingerprint density at radius 3 is 2.31 bits per heavy atom. The fraction of sp³-hybridized carbons (Fsp3) is 0.290. The van der Waals surface area contributed by atoms with Crippen LogP contribution in [-0.4, -0.2) is 74.1 Å². The molecular weight excluding hydrogens is 495 g/mol. The van der Waals surface area contributed by atoms with Crippen molar-refractivity contribution in [1.29, 1.82) is 0 Å². The van der Waals surface area contributed by atoms with Crippen molar-refractivity contribution in [3.05, 3.63) is 108 Å². The third-order valence-electron chi connectivity index (χ3n) is 7.63. The predicted molar refractivity (Wildman–Crippen MR) is 150 cm³/mol. The van der Waals surface area contributed by atoms with E-state index < -0.39 is 12.0 Å². The molecule has 0 aliphatic carbocycles. The van der Waals surface area contributed by atoms with Gasteiger partial charge in [0.25, 0.3) is 5.91 Å². The van der Waals surface area contributed by atoms with Gasteiger partial charge in [0, 0.05) is 51.1 Å². The van der Waals surface area contributed by atoms with E-state index >= 15 is 0 Å². The zero-order valence-electron chi connectivity index (χ0n) is 22.0. The van der Waals surface area contributed by atoms with Crippen LogP contribution < -0.4 is 10.6 Å². The van der Waals surface area contributed by atoms with Crippen molar-refractivity contribution in [2.75, 3.05) is 51.3 Å². The number of ether oxygens (including phenoxy) is 1. The van der Waals surface area contributed by atoms with Crippen LogP contribution in [0.5, 0.6) is 0 Å². The van der Waals surface area contributed by atoms with Gasteiger partial charge >= 0.3 is 0 Å². The Balaban J connectivity index is 1.51. The molecule has 0 radical (unpaired) electrons. The number of hydrogen-bond acceptors (Lipinski definition) is 5. The fourth-order valence-corrected chi connectivity index (χ4v) is 5.67. The van der Waals surface area contributed by atoms with Crippen molar-refractivity contribution in [2.45, 2.75) is 12.0 Å². The molecular formula is C31H33FN4O3. The van der Waals surface area contributed by atoms with Crippen LogP contribution in [0, 0.1) is 5.82 Å². The number of rotatable bonds is 7. The van der Waals surface area contributed by atoms with Gasteiger partial charge in [0.05, 0.1) is 18.6 Å². The molecule has 202 valence electrons. The molecule has 2 aliphatic rings. The van der Waals surface area contributed by atoms with E-state index in [2.05, 4.69) is 4.90 Å². The molecule has 0 spiro atoms. The number of methoxy groups -OCH3 is 1. The largest absolute Gasteiger partial charge is 0.404 e. The SMILES string of the molecule is COCCN1C(=O)c2ccccc2C(C(=O)N2CCN(c3ccc(F)cc3)CC2)C1/C(=C/N)c1ccccc1. The number of anilines is 1. The van der Waals surface area contributed by atoms with E-state index in [4.69, 9.17) is 10.5 Å². The Morgan fingerprint density at radius 1 is 0.974 bits per heavy atom. The van der Waals surface area contributed by atoms with Gasteiger partial charge in [0.2, 0.25) is 5.91 Å². The lowest BCUT2D eigenvalue weighted by atomic mass is 9.77. The van der Waals surface area contributed by atoms with Crippen molar-refractivity contribution >= 4 is 23.1 Å². The van der Waals surface area contributed by atoms with E-state index in [-0.39, 0.29) is 17.6 Å². The van der Waals surface area contributed by atoms with Gasteiger partial charge in [-0.3, -0.25) is 9.59 Å². The van der Waals surface area contributed by atoms with Gasteiger partial charge in [0.15, 0.2) is 0 Å². The zero-order valence-corrected chi connectivity index (χ0v) is 22.0. The quantitative estimate of drug-likeness (QED) is 0.506. The molecule has 0 bridgehead atoms. The topological polar surface area (TPSA) is 79.1 Å². The number of carbonyl (C=O) groups excluding carboxylic acids is 2. The average molecular weight is 529 g/mol. The molecule has 2 amide bonds. The highest BCUT2D eigenvalue weighted by atomic mass is 19.1. The second kappa shape index (κ2) is 11.7. The van der Waals surface area contributed by atoms with Gasteiger partial charge in [-0.25, -0.2) is 4.39 Å². The van der Waals surface area contributed by atoms with E-state index in [9.17, 15) is 14.0 Å². The van der Waals surface area contributed by atoms with E-state index in [1.807, 2.05) is 53.4 Å². The summed E-state index contributed by atoms with van der Waals surface area (Å²) in [7, 11) is 1.59. The summed E-state index contributed by atoms with van der Waals surface area (Å²) in [6, 6.07) is 22.8. The van der Waals surface area contributed by atoms with Crippen LogP contribution in [0.15, 0.2) is 85.1 Å². The molecule has 8 heteroatoms. The molecule has 5 rings (SSSR count). The predicted octanol–water partition coefficient (Wildman–Crippen LogP) is 3.73. The minimum Gasteiger partial charge on any atom is -0.404 e. The molecule has 1 fully saturated rings. The van der Waals surface area contributed by atoms with Crippen LogP contribution in [0.25, 0.3) is 5.57 Å². The van der Waals surface area contributed by atoms with Gasteiger partial charge in [-0.2, -0.15) is 0 Å². The normalized spacial score (nSPS) is 19.7. The maximum absolute atomic E-state index is 14.4. The lowest BCUT2D eigenvalue weighted by molar-refractivity contribution is -0.134. The number of hydrogen-bond donors (Lipinski definition) is 1. The van der Waals surface area contributed by atoms with Crippen molar-refractivity contribution in [2.24, 2.45) is 5.73 Å². The first-order chi connectivity index (χ1) is 19.0. The Labute approximate surface area is 228 Å². The summed E-state index contributed by atoms with van der Waals surface area (Å²) >= 11 is 0. The van der Waals surface area contributed by atoms with Crippen molar-refractivity contribution in [3.63, 3.8) is 0 Å². The third kappa shape index (κ3) is 5.25.